The number of thiophene rings is 1. The van der Waals surface area contributed by atoms with Crippen LogP contribution in [0.15, 0.2) is 10.8 Å². The number of amides is 1. The molecular weight excluding hydrogens is 170 g/mol. The Kier molecular flexibility index (Phi) is 3.29. The van der Waals surface area contributed by atoms with Crippen LogP contribution in [0.2, 0.25) is 0 Å². The molecule has 0 spiro atoms. The summed E-state index contributed by atoms with van der Waals surface area (Å²) in [6, 6.07) is 0. The molecule has 0 aliphatic heterocycles. The molecule has 3 heteroatoms. The van der Waals surface area contributed by atoms with Crippen molar-refractivity contribution in [3.8, 4) is 0 Å². The summed E-state index contributed by atoms with van der Waals surface area (Å²) >= 11 is 1.67. The normalized spacial score (nSPS) is 9.83. The van der Waals surface area contributed by atoms with Gasteiger partial charge < -0.3 is 5.32 Å². The molecule has 1 heterocycles. The molecule has 2 nitrogen and oxygen atoms in total. The van der Waals surface area contributed by atoms with Gasteiger partial charge in [0.15, 0.2) is 0 Å². The van der Waals surface area contributed by atoms with Crippen molar-refractivity contribution in [2.75, 3.05) is 0 Å². The van der Waals surface area contributed by atoms with Crippen LogP contribution in [0.25, 0.3) is 0 Å². The van der Waals surface area contributed by atoms with Crippen LogP contribution in [0.5, 0.6) is 0 Å². The first-order chi connectivity index (χ1) is 5.74. The Bertz CT molecular complexity index is 267. The topological polar surface area (TPSA) is 29.1 Å². The summed E-state index contributed by atoms with van der Waals surface area (Å²) in [7, 11) is 0. The summed E-state index contributed by atoms with van der Waals surface area (Å²) in [6.45, 7) is 4.59. The van der Waals surface area contributed by atoms with Gasteiger partial charge in [-0.1, -0.05) is 6.92 Å². The molecule has 0 fully saturated rings. The fourth-order valence-corrected chi connectivity index (χ4v) is 1.74. The number of hydrogen-bond donors (Lipinski definition) is 1. The molecule has 0 saturated heterocycles. The van der Waals surface area contributed by atoms with Crippen LogP contribution in [0.4, 0.5) is 0 Å². The minimum atomic E-state index is 0.112. The van der Waals surface area contributed by atoms with Gasteiger partial charge in [0.1, 0.15) is 0 Å². The predicted octanol–water partition coefficient (Wildman–Crippen LogP) is 2.08. The van der Waals surface area contributed by atoms with Gasteiger partial charge in [-0.3, -0.25) is 4.79 Å². The van der Waals surface area contributed by atoms with E-state index < -0.39 is 0 Å². The Morgan fingerprint density at radius 1 is 1.58 bits per heavy atom. The fourth-order valence-electron chi connectivity index (χ4n) is 0.887. The number of hydrogen-bond acceptors (Lipinski definition) is 2. The summed E-state index contributed by atoms with van der Waals surface area (Å²) in [6.07, 6.45) is 0.559. The molecular formula is C9H13NOS. The standard InChI is InChI=1S/C9H13NOS/c1-3-9(11)10-4-8-6-12-5-7(8)2/h5-6H,3-4H2,1-2H3,(H,10,11). The highest BCUT2D eigenvalue weighted by Crippen LogP contribution is 2.12. The molecule has 66 valence electrons. The average molecular weight is 183 g/mol. The molecule has 0 aliphatic rings. The molecule has 0 saturated carbocycles. The van der Waals surface area contributed by atoms with Crippen molar-refractivity contribution in [2.45, 2.75) is 26.8 Å². The largest absolute Gasteiger partial charge is 0.352 e. The van der Waals surface area contributed by atoms with E-state index in [0.717, 1.165) is 0 Å². The number of nitrogens with one attached hydrogen (secondary N) is 1. The maximum absolute atomic E-state index is 10.9. The zero-order valence-corrected chi connectivity index (χ0v) is 8.20. The van der Waals surface area contributed by atoms with Crippen molar-refractivity contribution in [1.82, 2.24) is 5.32 Å². The van der Waals surface area contributed by atoms with E-state index in [-0.39, 0.29) is 5.91 Å². The second-order valence-electron chi connectivity index (χ2n) is 2.71. The first-order valence-electron chi connectivity index (χ1n) is 4.02. The van der Waals surface area contributed by atoms with Gasteiger partial charge in [0.25, 0.3) is 0 Å². The van der Waals surface area contributed by atoms with E-state index in [2.05, 4.69) is 23.0 Å². The van der Waals surface area contributed by atoms with Crippen molar-refractivity contribution >= 4 is 17.2 Å². The van der Waals surface area contributed by atoms with Gasteiger partial charge in [-0.2, -0.15) is 11.3 Å². The van der Waals surface area contributed by atoms with E-state index in [1.165, 1.54) is 11.1 Å². The minimum absolute atomic E-state index is 0.112. The molecule has 1 amide bonds. The van der Waals surface area contributed by atoms with Gasteiger partial charge in [0, 0.05) is 13.0 Å². The first kappa shape index (κ1) is 9.26. The molecule has 0 unspecified atom stereocenters. The van der Waals surface area contributed by atoms with Crippen LogP contribution >= 0.6 is 11.3 Å². The van der Waals surface area contributed by atoms with Gasteiger partial charge >= 0.3 is 0 Å². The first-order valence-corrected chi connectivity index (χ1v) is 4.96. The van der Waals surface area contributed by atoms with Crippen LogP contribution in [-0.2, 0) is 11.3 Å². The monoisotopic (exact) mass is 183 g/mol. The lowest BCUT2D eigenvalue weighted by Crippen LogP contribution is -2.21. The molecule has 12 heavy (non-hydrogen) atoms. The number of carbonyl (C=O) groups is 1. The Labute approximate surface area is 76.6 Å². The third kappa shape index (κ3) is 2.34. The smallest absolute Gasteiger partial charge is 0.219 e. The van der Waals surface area contributed by atoms with Crippen LogP contribution in [0, 0.1) is 6.92 Å². The van der Waals surface area contributed by atoms with Crippen LogP contribution in [0.1, 0.15) is 24.5 Å². The molecule has 0 radical (unpaired) electrons. The van der Waals surface area contributed by atoms with Crippen LogP contribution in [-0.4, -0.2) is 5.91 Å². The predicted molar refractivity (Wildman–Crippen MR) is 51.2 cm³/mol. The van der Waals surface area contributed by atoms with Gasteiger partial charge in [-0.25, -0.2) is 0 Å². The van der Waals surface area contributed by atoms with Crippen molar-refractivity contribution in [2.24, 2.45) is 0 Å². The summed E-state index contributed by atoms with van der Waals surface area (Å²) in [5, 5.41) is 7.01. The zero-order valence-electron chi connectivity index (χ0n) is 7.39. The molecule has 0 atom stereocenters. The van der Waals surface area contributed by atoms with E-state index in [9.17, 15) is 4.79 Å². The van der Waals surface area contributed by atoms with E-state index in [0.29, 0.717) is 13.0 Å². The molecule has 1 aromatic heterocycles. The van der Waals surface area contributed by atoms with E-state index in [1.54, 1.807) is 11.3 Å². The number of aryl methyl sites for hydroxylation is 1. The van der Waals surface area contributed by atoms with E-state index in [1.807, 2.05) is 6.92 Å². The van der Waals surface area contributed by atoms with Crippen LogP contribution in [0.3, 0.4) is 0 Å². The minimum Gasteiger partial charge on any atom is -0.352 e. The molecule has 1 N–H and O–H groups in total. The summed E-state index contributed by atoms with van der Waals surface area (Å²) in [5.41, 5.74) is 2.48. The summed E-state index contributed by atoms with van der Waals surface area (Å²) < 4.78 is 0. The third-order valence-electron chi connectivity index (χ3n) is 1.76. The molecule has 0 bridgehead atoms. The van der Waals surface area contributed by atoms with Crippen molar-refractivity contribution < 1.29 is 4.79 Å². The molecule has 1 aromatic rings. The Hall–Kier alpha value is -0.830. The average Bonchev–Trinajstić information content (AvgIpc) is 2.47. The van der Waals surface area contributed by atoms with Gasteiger partial charge in [-0.15, -0.1) is 0 Å². The van der Waals surface area contributed by atoms with Gasteiger partial charge in [-0.05, 0) is 28.8 Å². The Morgan fingerprint density at radius 2 is 2.33 bits per heavy atom. The highest BCUT2D eigenvalue weighted by molar-refractivity contribution is 7.08. The maximum atomic E-state index is 10.9. The lowest BCUT2D eigenvalue weighted by molar-refractivity contribution is -0.120. The third-order valence-corrected chi connectivity index (χ3v) is 2.67. The highest BCUT2D eigenvalue weighted by Gasteiger charge is 2.00. The van der Waals surface area contributed by atoms with Gasteiger partial charge in [0.05, 0.1) is 0 Å². The van der Waals surface area contributed by atoms with Crippen molar-refractivity contribution in [3.05, 3.63) is 21.9 Å². The van der Waals surface area contributed by atoms with E-state index >= 15 is 0 Å². The van der Waals surface area contributed by atoms with Crippen LogP contribution < -0.4 is 5.32 Å². The van der Waals surface area contributed by atoms with Crippen molar-refractivity contribution in [1.29, 1.82) is 0 Å². The number of carbonyl (C=O) groups excluding carboxylic acids is 1. The lowest BCUT2D eigenvalue weighted by atomic mass is 10.2. The number of rotatable bonds is 3. The summed E-state index contributed by atoms with van der Waals surface area (Å²) in [5.74, 6) is 0.112. The lowest BCUT2D eigenvalue weighted by Gasteiger charge is -2.01. The fraction of sp³-hybridized carbons (Fsp3) is 0.444. The quantitative estimate of drug-likeness (QED) is 0.763. The van der Waals surface area contributed by atoms with Gasteiger partial charge in [0.2, 0.25) is 5.91 Å². The summed E-state index contributed by atoms with van der Waals surface area (Å²) in [4.78, 5) is 10.9. The Balaban J connectivity index is 2.43. The zero-order chi connectivity index (χ0) is 8.97. The molecule has 0 aliphatic carbocycles. The maximum Gasteiger partial charge on any atom is 0.219 e. The molecule has 1 rings (SSSR count). The highest BCUT2D eigenvalue weighted by atomic mass is 32.1. The van der Waals surface area contributed by atoms with E-state index in [4.69, 9.17) is 0 Å². The van der Waals surface area contributed by atoms with Crippen molar-refractivity contribution in [3.63, 3.8) is 0 Å². The SMILES string of the molecule is CCC(=O)NCc1cscc1C. The Morgan fingerprint density at radius 3 is 2.83 bits per heavy atom. The second kappa shape index (κ2) is 4.26. The molecule has 0 aromatic carbocycles. The second-order valence-corrected chi connectivity index (χ2v) is 3.45.